The summed E-state index contributed by atoms with van der Waals surface area (Å²) < 4.78 is 5.03. The summed E-state index contributed by atoms with van der Waals surface area (Å²) in [6.07, 6.45) is -0.651. The molecular formula is C21H24N6O6. The van der Waals surface area contributed by atoms with Gasteiger partial charge in [-0.3, -0.25) is 19.2 Å². The Kier molecular flexibility index (Phi) is 8.74. The lowest BCUT2D eigenvalue weighted by Gasteiger charge is -2.17. The van der Waals surface area contributed by atoms with Gasteiger partial charge in [-0.25, -0.2) is 4.99 Å². The Balaban J connectivity index is 1.97. The monoisotopic (exact) mass is 456 g/mol. The lowest BCUT2D eigenvalue weighted by atomic mass is 10.1. The van der Waals surface area contributed by atoms with Crippen molar-refractivity contribution in [3.8, 4) is 5.75 Å². The SMILES string of the molecule is COc1ccc(NC(=O)C(CC(=O)O)NC(=O)CNC(=O)c2cccc(N=C(N)N)c2)cc1. The van der Waals surface area contributed by atoms with Crippen LogP contribution in [0.1, 0.15) is 16.8 Å². The first kappa shape index (κ1) is 24.7. The average Bonchev–Trinajstić information content (AvgIpc) is 2.77. The number of benzene rings is 2. The van der Waals surface area contributed by atoms with Gasteiger partial charge in [0.25, 0.3) is 5.91 Å². The van der Waals surface area contributed by atoms with Crippen LogP contribution in [0.2, 0.25) is 0 Å². The number of aliphatic carboxylic acids is 1. The number of aliphatic imine (C=N–C) groups is 1. The van der Waals surface area contributed by atoms with E-state index in [2.05, 4.69) is 20.9 Å². The van der Waals surface area contributed by atoms with Gasteiger partial charge in [-0.05, 0) is 42.5 Å². The number of hydrogen-bond acceptors (Lipinski definition) is 6. The highest BCUT2D eigenvalue weighted by Gasteiger charge is 2.24. The van der Waals surface area contributed by atoms with Crippen molar-refractivity contribution >= 4 is 41.0 Å². The molecule has 174 valence electrons. The largest absolute Gasteiger partial charge is 0.497 e. The lowest BCUT2D eigenvalue weighted by molar-refractivity contribution is -0.139. The van der Waals surface area contributed by atoms with Gasteiger partial charge in [-0.2, -0.15) is 0 Å². The zero-order valence-electron chi connectivity index (χ0n) is 17.7. The zero-order valence-corrected chi connectivity index (χ0v) is 17.7. The molecule has 0 fully saturated rings. The summed E-state index contributed by atoms with van der Waals surface area (Å²) in [5.74, 6) is -2.96. The molecule has 1 atom stereocenters. The van der Waals surface area contributed by atoms with Crippen molar-refractivity contribution in [1.82, 2.24) is 10.6 Å². The molecule has 0 aliphatic rings. The number of methoxy groups -OCH3 is 1. The van der Waals surface area contributed by atoms with Crippen molar-refractivity contribution in [3.05, 3.63) is 54.1 Å². The number of ether oxygens (including phenoxy) is 1. The molecule has 0 spiro atoms. The van der Waals surface area contributed by atoms with Gasteiger partial charge in [0.15, 0.2) is 5.96 Å². The standard InChI is InChI=1S/C21H24N6O6/c1-33-15-7-5-13(6-8-15)25-20(32)16(10-18(29)30)27-17(28)11-24-19(31)12-3-2-4-14(9-12)26-21(22)23/h2-9,16H,10-11H2,1H3,(H,24,31)(H,25,32)(H,27,28)(H,29,30)(H4,22,23,26). The number of nitrogens with two attached hydrogens (primary N) is 2. The Morgan fingerprint density at radius 1 is 1.09 bits per heavy atom. The number of carbonyl (C=O) groups is 4. The number of carboxylic acids is 1. The molecular weight excluding hydrogens is 432 g/mol. The molecule has 12 nitrogen and oxygen atoms in total. The van der Waals surface area contributed by atoms with E-state index in [-0.39, 0.29) is 11.5 Å². The van der Waals surface area contributed by atoms with Crippen molar-refractivity contribution in [2.75, 3.05) is 19.0 Å². The molecule has 0 aliphatic heterocycles. The summed E-state index contributed by atoms with van der Waals surface area (Å²) in [5, 5.41) is 16.3. The van der Waals surface area contributed by atoms with E-state index in [0.717, 1.165) is 0 Å². The van der Waals surface area contributed by atoms with Gasteiger partial charge < -0.3 is 37.3 Å². The number of rotatable bonds is 10. The van der Waals surface area contributed by atoms with E-state index in [1.54, 1.807) is 36.4 Å². The second-order valence-corrected chi connectivity index (χ2v) is 6.71. The highest BCUT2D eigenvalue weighted by atomic mass is 16.5. The third-order valence-electron chi connectivity index (χ3n) is 4.16. The van der Waals surface area contributed by atoms with E-state index >= 15 is 0 Å². The van der Waals surface area contributed by atoms with Crippen LogP contribution < -0.4 is 32.2 Å². The predicted octanol–water partition coefficient (Wildman–Crippen LogP) is -0.0719. The fraction of sp³-hybridized carbons (Fsp3) is 0.190. The predicted molar refractivity (Wildman–Crippen MR) is 120 cm³/mol. The van der Waals surface area contributed by atoms with Crippen molar-refractivity contribution in [2.45, 2.75) is 12.5 Å². The number of carboxylic acid groups (broad SMARTS) is 1. The summed E-state index contributed by atoms with van der Waals surface area (Å²) in [7, 11) is 1.49. The van der Waals surface area contributed by atoms with Crippen LogP contribution in [0.3, 0.4) is 0 Å². The molecule has 2 rings (SSSR count). The molecule has 0 saturated carbocycles. The molecule has 2 aromatic rings. The number of anilines is 1. The Bertz CT molecular complexity index is 1050. The van der Waals surface area contributed by atoms with Crippen LogP contribution in [-0.4, -0.2) is 54.5 Å². The smallest absolute Gasteiger partial charge is 0.305 e. The minimum atomic E-state index is -1.36. The highest BCUT2D eigenvalue weighted by Crippen LogP contribution is 2.16. The molecule has 0 radical (unpaired) electrons. The summed E-state index contributed by atoms with van der Waals surface area (Å²) in [6.45, 7) is -0.489. The normalized spacial score (nSPS) is 10.9. The topological polar surface area (TPSA) is 198 Å². The van der Waals surface area contributed by atoms with E-state index in [4.69, 9.17) is 21.3 Å². The molecule has 1 unspecified atom stereocenters. The summed E-state index contributed by atoms with van der Waals surface area (Å²) in [5.41, 5.74) is 11.6. The molecule has 3 amide bonds. The van der Waals surface area contributed by atoms with Crippen LogP contribution in [0.25, 0.3) is 0 Å². The van der Waals surface area contributed by atoms with Gasteiger partial charge >= 0.3 is 5.97 Å². The number of nitrogens with one attached hydrogen (secondary N) is 3. The minimum absolute atomic E-state index is 0.177. The summed E-state index contributed by atoms with van der Waals surface area (Å²) >= 11 is 0. The second kappa shape index (κ2) is 11.7. The summed E-state index contributed by atoms with van der Waals surface area (Å²) in [4.78, 5) is 52.0. The second-order valence-electron chi connectivity index (χ2n) is 6.71. The van der Waals surface area contributed by atoms with Crippen molar-refractivity contribution in [1.29, 1.82) is 0 Å². The molecule has 0 saturated heterocycles. The molecule has 0 aromatic heterocycles. The Morgan fingerprint density at radius 2 is 1.79 bits per heavy atom. The third-order valence-corrected chi connectivity index (χ3v) is 4.16. The quantitative estimate of drug-likeness (QED) is 0.211. The Morgan fingerprint density at radius 3 is 2.39 bits per heavy atom. The maximum atomic E-state index is 12.5. The van der Waals surface area contributed by atoms with Crippen LogP contribution >= 0.6 is 0 Å². The Labute approximate surface area is 189 Å². The van der Waals surface area contributed by atoms with Crippen LogP contribution in [0.5, 0.6) is 5.75 Å². The van der Waals surface area contributed by atoms with Gasteiger partial charge in [0.05, 0.1) is 25.8 Å². The van der Waals surface area contributed by atoms with Crippen molar-refractivity contribution < 1.29 is 29.0 Å². The molecule has 8 N–H and O–H groups in total. The fourth-order valence-electron chi connectivity index (χ4n) is 2.66. The van der Waals surface area contributed by atoms with Gasteiger partial charge in [0, 0.05) is 11.3 Å². The van der Waals surface area contributed by atoms with Crippen LogP contribution in [-0.2, 0) is 14.4 Å². The average molecular weight is 456 g/mol. The van der Waals surface area contributed by atoms with E-state index < -0.39 is 42.7 Å². The first-order chi connectivity index (χ1) is 15.7. The molecule has 33 heavy (non-hydrogen) atoms. The lowest BCUT2D eigenvalue weighted by Crippen LogP contribution is -2.48. The zero-order chi connectivity index (χ0) is 24.4. The number of carbonyl (C=O) groups excluding carboxylic acids is 3. The maximum Gasteiger partial charge on any atom is 0.305 e. The van der Waals surface area contributed by atoms with E-state index in [1.165, 1.54) is 19.2 Å². The number of nitrogens with zero attached hydrogens (tertiary/aromatic N) is 1. The number of guanidine groups is 1. The van der Waals surface area contributed by atoms with Gasteiger partial charge in [0.2, 0.25) is 11.8 Å². The van der Waals surface area contributed by atoms with Gasteiger partial charge in [-0.15, -0.1) is 0 Å². The van der Waals surface area contributed by atoms with Gasteiger partial charge in [0.1, 0.15) is 11.8 Å². The van der Waals surface area contributed by atoms with Crippen molar-refractivity contribution in [2.24, 2.45) is 16.5 Å². The third kappa shape index (κ3) is 8.20. The molecule has 0 aliphatic carbocycles. The van der Waals surface area contributed by atoms with E-state index in [0.29, 0.717) is 17.1 Å². The molecule has 2 aromatic carbocycles. The first-order valence-corrected chi connectivity index (χ1v) is 9.62. The fourth-order valence-corrected chi connectivity index (χ4v) is 2.66. The molecule has 12 heteroatoms. The molecule has 0 heterocycles. The minimum Gasteiger partial charge on any atom is -0.497 e. The number of amides is 3. The Hall–Kier alpha value is -4.61. The van der Waals surface area contributed by atoms with Gasteiger partial charge in [-0.1, -0.05) is 6.07 Å². The van der Waals surface area contributed by atoms with Crippen LogP contribution in [0, 0.1) is 0 Å². The highest BCUT2D eigenvalue weighted by molar-refractivity contribution is 6.00. The van der Waals surface area contributed by atoms with Crippen LogP contribution in [0.15, 0.2) is 53.5 Å². The first-order valence-electron chi connectivity index (χ1n) is 9.62. The molecule has 0 bridgehead atoms. The van der Waals surface area contributed by atoms with E-state index in [1.807, 2.05) is 0 Å². The summed E-state index contributed by atoms with van der Waals surface area (Å²) in [6, 6.07) is 11.0. The maximum absolute atomic E-state index is 12.5. The van der Waals surface area contributed by atoms with Crippen molar-refractivity contribution in [3.63, 3.8) is 0 Å². The van der Waals surface area contributed by atoms with E-state index in [9.17, 15) is 19.2 Å². The number of hydrogen-bond donors (Lipinski definition) is 6. The van der Waals surface area contributed by atoms with Crippen LogP contribution in [0.4, 0.5) is 11.4 Å².